The number of carbonyl (C=O) groups excluding carboxylic acids is 1. The summed E-state index contributed by atoms with van der Waals surface area (Å²) in [5.41, 5.74) is 2.78. The van der Waals surface area contributed by atoms with Gasteiger partial charge in [0.15, 0.2) is 0 Å². The predicted molar refractivity (Wildman–Crippen MR) is 92.2 cm³/mol. The van der Waals surface area contributed by atoms with Crippen LogP contribution in [0.3, 0.4) is 0 Å². The summed E-state index contributed by atoms with van der Waals surface area (Å²) >= 11 is 0. The average molecular weight is 353 g/mol. The highest BCUT2D eigenvalue weighted by atomic mass is 19.1. The van der Waals surface area contributed by atoms with E-state index < -0.39 is 0 Å². The predicted octanol–water partition coefficient (Wildman–Crippen LogP) is 2.19. The standard InChI is InChI=1S/C20H20FN3O2/c21-17-2-1-14-5-13(6-15(14)8-17)7-18-22-9-16(10-23-18)19(25)24-4-3-20(24)11-26-12-20/h1-2,8-10,13H,3-7,11-12H2. The van der Waals surface area contributed by atoms with Crippen LogP contribution in [0, 0.1) is 11.7 Å². The number of nitrogens with zero attached hydrogens (tertiary/aromatic N) is 3. The number of likely N-dealkylation sites (tertiary alicyclic amines) is 1. The van der Waals surface area contributed by atoms with E-state index in [0.29, 0.717) is 24.7 Å². The van der Waals surface area contributed by atoms with Gasteiger partial charge in [-0.2, -0.15) is 0 Å². The monoisotopic (exact) mass is 353 g/mol. The van der Waals surface area contributed by atoms with Crippen LogP contribution in [0.25, 0.3) is 0 Å². The summed E-state index contributed by atoms with van der Waals surface area (Å²) in [7, 11) is 0. The average Bonchev–Trinajstić information content (AvgIpc) is 2.94. The van der Waals surface area contributed by atoms with Gasteiger partial charge in [0, 0.05) is 25.4 Å². The van der Waals surface area contributed by atoms with Crippen molar-refractivity contribution in [1.29, 1.82) is 0 Å². The zero-order valence-corrected chi connectivity index (χ0v) is 14.4. The van der Waals surface area contributed by atoms with Gasteiger partial charge in [-0.25, -0.2) is 14.4 Å². The van der Waals surface area contributed by atoms with Gasteiger partial charge in [0.2, 0.25) is 0 Å². The first-order chi connectivity index (χ1) is 12.6. The number of rotatable bonds is 3. The van der Waals surface area contributed by atoms with Crippen LogP contribution in [-0.2, 0) is 24.0 Å². The highest BCUT2D eigenvalue weighted by molar-refractivity contribution is 5.94. The topological polar surface area (TPSA) is 55.3 Å². The van der Waals surface area contributed by atoms with E-state index in [9.17, 15) is 9.18 Å². The van der Waals surface area contributed by atoms with Gasteiger partial charge in [0.25, 0.3) is 5.91 Å². The quantitative estimate of drug-likeness (QED) is 0.849. The molecule has 1 aromatic carbocycles. The molecule has 2 aromatic rings. The van der Waals surface area contributed by atoms with Crippen LogP contribution in [-0.4, -0.2) is 46.1 Å². The van der Waals surface area contributed by atoms with Gasteiger partial charge >= 0.3 is 0 Å². The molecule has 5 nitrogen and oxygen atoms in total. The van der Waals surface area contributed by atoms with Crippen molar-refractivity contribution in [1.82, 2.24) is 14.9 Å². The second-order valence-electron chi connectivity index (χ2n) is 7.70. The summed E-state index contributed by atoms with van der Waals surface area (Å²) in [6.07, 6.45) is 6.81. The number of halogens is 1. The highest BCUT2D eigenvalue weighted by Gasteiger charge is 2.53. The minimum atomic E-state index is -0.177. The second-order valence-corrected chi connectivity index (χ2v) is 7.70. The van der Waals surface area contributed by atoms with Gasteiger partial charge in [-0.15, -0.1) is 0 Å². The van der Waals surface area contributed by atoms with Crippen LogP contribution in [0.5, 0.6) is 0 Å². The molecule has 1 unspecified atom stereocenters. The maximum absolute atomic E-state index is 13.4. The molecule has 1 aromatic heterocycles. The maximum Gasteiger partial charge on any atom is 0.257 e. The molecule has 134 valence electrons. The van der Waals surface area contributed by atoms with Crippen LogP contribution >= 0.6 is 0 Å². The first-order valence-electron chi connectivity index (χ1n) is 9.11. The Labute approximate surface area is 151 Å². The van der Waals surface area contributed by atoms with E-state index in [4.69, 9.17) is 4.74 Å². The first kappa shape index (κ1) is 15.9. The minimum absolute atomic E-state index is 0.00477. The summed E-state index contributed by atoms with van der Waals surface area (Å²) < 4.78 is 18.6. The van der Waals surface area contributed by atoms with E-state index in [1.807, 2.05) is 11.0 Å². The summed E-state index contributed by atoms with van der Waals surface area (Å²) in [5.74, 6) is 0.947. The van der Waals surface area contributed by atoms with Crippen molar-refractivity contribution in [2.24, 2.45) is 5.92 Å². The van der Waals surface area contributed by atoms with Gasteiger partial charge < -0.3 is 9.64 Å². The van der Waals surface area contributed by atoms with Crippen molar-refractivity contribution >= 4 is 5.91 Å². The SMILES string of the molecule is O=C(c1cnc(CC2Cc3ccc(F)cc3C2)nc1)N1CCC12COC2. The summed E-state index contributed by atoms with van der Waals surface area (Å²) in [5, 5.41) is 0. The van der Waals surface area contributed by atoms with Crippen molar-refractivity contribution in [3.05, 3.63) is 58.9 Å². The molecule has 3 aliphatic rings. The molecule has 1 aliphatic carbocycles. The smallest absolute Gasteiger partial charge is 0.257 e. The molecule has 6 heteroatoms. The molecule has 5 rings (SSSR count). The maximum atomic E-state index is 13.4. The van der Waals surface area contributed by atoms with Gasteiger partial charge in [-0.1, -0.05) is 6.07 Å². The Morgan fingerprint density at radius 1 is 1.23 bits per heavy atom. The van der Waals surface area contributed by atoms with E-state index >= 15 is 0 Å². The van der Waals surface area contributed by atoms with E-state index in [1.165, 1.54) is 11.6 Å². The van der Waals surface area contributed by atoms with Crippen LogP contribution in [0.15, 0.2) is 30.6 Å². The number of benzene rings is 1. The number of hydrogen-bond donors (Lipinski definition) is 0. The Morgan fingerprint density at radius 2 is 2.00 bits per heavy atom. The third-order valence-electron chi connectivity index (χ3n) is 5.97. The van der Waals surface area contributed by atoms with Gasteiger partial charge in [-0.05, 0) is 48.4 Å². The fourth-order valence-electron chi connectivity index (χ4n) is 4.30. The van der Waals surface area contributed by atoms with Crippen LogP contribution in [0.4, 0.5) is 4.39 Å². The number of ether oxygens (including phenoxy) is 1. The number of amides is 1. The lowest BCUT2D eigenvalue weighted by molar-refractivity contribution is -0.172. The molecule has 0 radical (unpaired) electrons. The largest absolute Gasteiger partial charge is 0.376 e. The van der Waals surface area contributed by atoms with Crippen molar-refractivity contribution in [2.45, 2.75) is 31.2 Å². The highest BCUT2D eigenvalue weighted by Crippen LogP contribution is 2.38. The van der Waals surface area contributed by atoms with Crippen LogP contribution in [0.2, 0.25) is 0 Å². The second kappa shape index (κ2) is 5.84. The Hall–Kier alpha value is -2.34. The fourth-order valence-corrected chi connectivity index (χ4v) is 4.30. The number of carbonyl (C=O) groups is 1. The number of hydrogen-bond acceptors (Lipinski definition) is 4. The van der Waals surface area contributed by atoms with E-state index in [1.54, 1.807) is 18.5 Å². The molecule has 3 heterocycles. The van der Waals surface area contributed by atoms with Crippen molar-refractivity contribution < 1.29 is 13.9 Å². The lowest BCUT2D eigenvalue weighted by Crippen LogP contribution is -2.72. The molecular weight excluding hydrogens is 333 g/mol. The van der Waals surface area contributed by atoms with E-state index in [2.05, 4.69) is 9.97 Å². The molecular formula is C20H20FN3O2. The Balaban J connectivity index is 1.24. The van der Waals surface area contributed by atoms with Crippen molar-refractivity contribution in [3.63, 3.8) is 0 Å². The zero-order valence-electron chi connectivity index (χ0n) is 14.4. The molecule has 0 bridgehead atoms. The molecule has 1 atom stereocenters. The molecule has 0 saturated carbocycles. The zero-order chi connectivity index (χ0) is 17.7. The van der Waals surface area contributed by atoms with Crippen LogP contribution in [0.1, 0.15) is 33.7 Å². The summed E-state index contributed by atoms with van der Waals surface area (Å²) in [6.45, 7) is 2.06. The Kier molecular flexibility index (Phi) is 3.57. The Morgan fingerprint density at radius 3 is 2.65 bits per heavy atom. The van der Waals surface area contributed by atoms with Gasteiger partial charge in [-0.3, -0.25) is 4.79 Å². The summed E-state index contributed by atoms with van der Waals surface area (Å²) in [6, 6.07) is 5.03. The first-order valence-corrected chi connectivity index (χ1v) is 9.11. The normalized spacial score (nSPS) is 22.7. The molecule has 1 spiro atoms. The lowest BCUT2D eigenvalue weighted by atomic mass is 9.82. The molecule has 0 N–H and O–H groups in total. The molecule has 1 amide bonds. The third kappa shape index (κ3) is 2.51. The molecule has 2 fully saturated rings. The van der Waals surface area contributed by atoms with Crippen molar-refractivity contribution in [2.75, 3.05) is 19.8 Å². The lowest BCUT2D eigenvalue weighted by Gasteiger charge is -2.57. The number of aromatic nitrogens is 2. The van der Waals surface area contributed by atoms with Gasteiger partial charge in [0.1, 0.15) is 11.6 Å². The molecule has 2 aliphatic heterocycles. The van der Waals surface area contributed by atoms with Crippen molar-refractivity contribution in [3.8, 4) is 0 Å². The van der Waals surface area contributed by atoms with E-state index in [-0.39, 0.29) is 17.3 Å². The summed E-state index contributed by atoms with van der Waals surface area (Å²) in [4.78, 5) is 23.3. The molecule has 26 heavy (non-hydrogen) atoms. The van der Waals surface area contributed by atoms with E-state index in [0.717, 1.165) is 43.6 Å². The van der Waals surface area contributed by atoms with Gasteiger partial charge in [0.05, 0.1) is 24.3 Å². The molecule has 2 saturated heterocycles. The number of fused-ring (bicyclic) bond motifs is 1. The van der Waals surface area contributed by atoms with Crippen LogP contribution < -0.4 is 0 Å². The minimum Gasteiger partial charge on any atom is -0.376 e. The Bertz CT molecular complexity index is 858. The fraction of sp³-hybridized carbons (Fsp3) is 0.450. The third-order valence-corrected chi connectivity index (χ3v) is 5.97.